The van der Waals surface area contributed by atoms with E-state index in [0.717, 1.165) is 37.6 Å². The van der Waals surface area contributed by atoms with Crippen molar-refractivity contribution in [1.82, 2.24) is 19.9 Å². The number of carbonyl (C=O) groups is 1. The molecule has 0 saturated carbocycles. The van der Waals surface area contributed by atoms with Crippen LogP contribution in [0.5, 0.6) is 11.8 Å². The van der Waals surface area contributed by atoms with Crippen LogP contribution in [-0.4, -0.2) is 89.7 Å². The summed E-state index contributed by atoms with van der Waals surface area (Å²) in [4.78, 5) is 29.1. The van der Waals surface area contributed by atoms with Crippen LogP contribution in [0.1, 0.15) is 24.8 Å². The molecule has 2 aromatic carbocycles. The van der Waals surface area contributed by atoms with Crippen LogP contribution < -0.4 is 14.4 Å². The van der Waals surface area contributed by atoms with Gasteiger partial charge in [0.1, 0.15) is 41.4 Å². The molecule has 4 aromatic rings. The first kappa shape index (κ1) is 31.6. The molecule has 254 valence electrons. The molecule has 4 aliphatic rings. The standard InChI is InChI=1S/C34H27F6N5O4/c1-2-21-24(36)5-4-18-8-20(49-30(46)34(38,39)40)9-22(25(18)21)27-26(37)28-23(11-41-27)29(44-13-32(14-44)15-47-16-32)43-31(42-28)48-17-33-6-3-7-45(33)12-19(35)10-33/h1,4-5,8-9,11,19H,3,6-7,10,12-17H2/t19-,33+/m1/s1. The van der Waals surface area contributed by atoms with E-state index in [4.69, 9.17) is 15.9 Å². The van der Waals surface area contributed by atoms with E-state index in [1.54, 1.807) is 0 Å². The fraction of sp³-hybridized carbons (Fsp3) is 0.412. The van der Waals surface area contributed by atoms with Crippen LogP contribution in [0.3, 0.4) is 0 Å². The second-order valence-electron chi connectivity index (χ2n) is 13.2. The number of esters is 1. The van der Waals surface area contributed by atoms with Gasteiger partial charge in [-0.15, -0.1) is 6.42 Å². The van der Waals surface area contributed by atoms with Crippen molar-refractivity contribution in [2.24, 2.45) is 5.41 Å². The molecule has 0 N–H and O–H groups in total. The molecule has 0 bridgehead atoms. The Labute approximate surface area is 275 Å². The predicted molar refractivity (Wildman–Crippen MR) is 164 cm³/mol. The van der Waals surface area contributed by atoms with E-state index in [9.17, 15) is 26.7 Å². The minimum absolute atomic E-state index is 0.0390. The number of rotatable bonds is 6. The lowest BCUT2D eigenvalue weighted by Gasteiger charge is -2.55. The summed E-state index contributed by atoms with van der Waals surface area (Å²) in [5.41, 5.74) is -1.78. The average Bonchev–Trinajstić information content (AvgIpc) is 3.54. The van der Waals surface area contributed by atoms with Gasteiger partial charge in [0.2, 0.25) is 0 Å². The van der Waals surface area contributed by atoms with Crippen LogP contribution in [0.15, 0.2) is 30.5 Å². The van der Waals surface area contributed by atoms with Gasteiger partial charge < -0.3 is 19.1 Å². The van der Waals surface area contributed by atoms with E-state index in [1.165, 1.54) is 12.3 Å². The Hall–Kier alpha value is -4.68. The molecule has 4 aliphatic heterocycles. The Kier molecular flexibility index (Phi) is 7.20. The second-order valence-corrected chi connectivity index (χ2v) is 13.2. The van der Waals surface area contributed by atoms with Crippen molar-refractivity contribution >= 4 is 33.5 Å². The highest BCUT2D eigenvalue weighted by atomic mass is 19.4. The zero-order valence-corrected chi connectivity index (χ0v) is 25.7. The molecule has 8 rings (SSSR count). The molecule has 1 spiro atoms. The van der Waals surface area contributed by atoms with Crippen LogP contribution in [0.25, 0.3) is 32.9 Å². The van der Waals surface area contributed by atoms with Gasteiger partial charge in [0.25, 0.3) is 0 Å². The number of halogens is 6. The van der Waals surface area contributed by atoms with E-state index >= 15 is 4.39 Å². The molecule has 2 aromatic heterocycles. The van der Waals surface area contributed by atoms with Gasteiger partial charge in [-0.3, -0.25) is 9.88 Å². The second kappa shape index (κ2) is 11.2. The first-order valence-electron chi connectivity index (χ1n) is 15.6. The maximum atomic E-state index is 16.8. The summed E-state index contributed by atoms with van der Waals surface area (Å²) < 4.78 is 102. The lowest BCUT2D eigenvalue weighted by Crippen LogP contribution is -2.66. The summed E-state index contributed by atoms with van der Waals surface area (Å²) in [5.74, 6) is -2.40. The summed E-state index contributed by atoms with van der Waals surface area (Å²) in [6.07, 6.45) is 2.51. The third-order valence-electron chi connectivity index (χ3n) is 9.92. The zero-order chi connectivity index (χ0) is 34.3. The van der Waals surface area contributed by atoms with Gasteiger partial charge >= 0.3 is 18.2 Å². The molecular formula is C34H27F6N5O4. The number of alkyl halides is 4. The predicted octanol–water partition coefficient (Wildman–Crippen LogP) is 5.36. The summed E-state index contributed by atoms with van der Waals surface area (Å²) >= 11 is 0. The molecule has 4 saturated heterocycles. The zero-order valence-electron chi connectivity index (χ0n) is 25.7. The first-order chi connectivity index (χ1) is 23.4. The molecule has 0 radical (unpaired) electrons. The number of fused-ring (bicyclic) bond motifs is 3. The van der Waals surface area contributed by atoms with E-state index in [0.29, 0.717) is 45.1 Å². The number of hydrogen-bond acceptors (Lipinski definition) is 9. The minimum Gasteiger partial charge on any atom is -0.461 e. The molecule has 0 aliphatic carbocycles. The van der Waals surface area contributed by atoms with Crippen molar-refractivity contribution in [3.8, 4) is 35.4 Å². The molecule has 9 nitrogen and oxygen atoms in total. The van der Waals surface area contributed by atoms with Crippen molar-refractivity contribution in [2.45, 2.75) is 37.1 Å². The quantitative estimate of drug-likeness (QED) is 0.115. The molecule has 2 atom stereocenters. The number of anilines is 1. The van der Waals surface area contributed by atoms with Gasteiger partial charge in [0.15, 0.2) is 5.82 Å². The summed E-state index contributed by atoms with van der Waals surface area (Å²) in [6.45, 7) is 3.42. The highest BCUT2D eigenvalue weighted by Crippen LogP contribution is 2.45. The van der Waals surface area contributed by atoms with Crippen LogP contribution in [0, 0.1) is 29.4 Å². The molecule has 0 unspecified atom stereocenters. The molecule has 0 amide bonds. The number of ether oxygens (including phenoxy) is 3. The molecule has 6 heterocycles. The van der Waals surface area contributed by atoms with Crippen molar-refractivity contribution in [2.75, 3.05) is 50.9 Å². The lowest BCUT2D eigenvalue weighted by molar-refractivity contribution is -0.189. The van der Waals surface area contributed by atoms with Crippen LogP contribution in [0.2, 0.25) is 0 Å². The van der Waals surface area contributed by atoms with E-state index in [-0.39, 0.29) is 50.8 Å². The monoisotopic (exact) mass is 683 g/mol. The van der Waals surface area contributed by atoms with Gasteiger partial charge in [-0.2, -0.15) is 23.1 Å². The van der Waals surface area contributed by atoms with Gasteiger partial charge in [-0.1, -0.05) is 12.0 Å². The fourth-order valence-electron chi connectivity index (χ4n) is 7.61. The van der Waals surface area contributed by atoms with Crippen molar-refractivity contribution in [3.63, 3.8) is 0 Å². The number of hydrogen-bond donors (Lipinski definition) is 0. The highest BCUT2D eigenvalue weighted by Gasteiger charge is 2.51. The van der Waals surface area contributed by atoms with Gasteiger partial charge in [-0.25, -0.2) is 18.0 Å². The van der Waals surface area contributed by atoms with Gasteiger partial charge in [0, 0.05) is 43.2 Å². The Morgan fingerprint density at radius 3 is 2.67 bits per heavy atom. The molecule has 4 fully saturated rings. The number of pyridine rings is 1. The van der Waals surface area contributed by atoms with E-state index in [1.807, 2.05) is 4.90 Å². The summed E-state index contributed by atoms with van der Waals surface area (Å²) in [7, 11) is 0. The number of aromatic nitrogens is 3. The van der Waals surface area contributed by atoms with E-state index in [2.05, 4.69) is 30.5 Å². The molecule has 15 heteroatoms. The number of nitrogens with zero attached hydrogens (tertiary/aromatic N) is 5. The Morgan fingerprint density at radius 1 is 1.16 bits per heavy atom. The van der Waals surface area contributed by atoms with Crippen LogP contribution >= 0.6 is 0 Å². The number of benzene rings is 2. The van der Waals surface area contributed by atoms with Crippen molar-refractivity contribution < 1.29 is 45.3 Å². The summed E-state index contributed by atoms with van der Waals surface area (Å²) in [5, 5.41) is 0.256. The average molecular weight is 684 g/mol. The van der Waals surface area contributed by atoms with Crippen molar-refractivity contribution in [1.29, 1.82) is 0 Å². The molecule has 49 heavy (non-hydrogen) atoms. The minimum atomic E-state index is -5.32. The SMILES string of the molecule is C#Cc1c(F)ccc2cc(OC(=O)C(F)(F)F)cc(-c3ncc4c(N5CC6(COC6)C5)nc(OC[C@@]56CCCN5C[C@H](F)C6)nc4c3F)c12. The molecular weight excluding hydrogens is 656 g/mol. The third kappa shape index (κ3) is 5.19. The topological polar surface area (TPSA) is 89.9 Å². The van der Waals surface area contributed by atoms with E-state index < -0.39 is 46.9 Å². The van der Waals surface area contributed by atoms with Crippen LogP contribution in [0.4, 0.5) is 32.2 Å². The maximum Gasteiger partial charge on any atom is 0.491 e. The smallest absolute Gasteiger partial charge is 0.461 e. The largest absolute Gasteiger partial charge is 0.491 e. The Bertz CT molecular complexity index is 2070. The summed E-state index contributed by atoms with van der Waals surface area (Å²) in [6, 6.07) is 4.07. The van der Waals surface area contributed by atoms with Gasteiger partial charge in [-0.05, 0) is 43.0 Å². The normalized spacial score (nSPS) is 23.0. The van der Waals surface area contributed by atoms with Crippen LogP contribution in [-0.2, 0) is 9.53 Å². The highest BCUT2D eigenvalue weighted by molar-refractivity contribution is 6.03. The maximum absolute atomic E-state index is 16.8. The Morgan fingerprint density at radius 2 is 1.96 bits per heavy atom. The number of carbonyl (C=O) groups excluding carboxylic acids is 1. The van der Waals surface area contributed by atoms with Crippen molar-refractivity contribution in [3.05, 3.63) is 47.7 Å². The lowest BCUT2D eigenvalue weighted by atomic mass is 9.78. The Balaban J connectivity index is 1.26. The number of terminal acetylenes is 1. The first-order valence-corrected chi connectivity index (χ1v) is 15.6. The third-order valence-corrected chi connectivity index (χ3v) is 9.92. The fourth-order valence-corrected chi connectivity index (χ4v) is 7.61. The van der Waals surface area contributed by atoms with Gasteiger partial charge in [0.05, 0.1) is 35.1 Å².